The Hall–Kier alpha value is -0.570. The van der Waals surface area contributed by atoms with Crippen molar-refractivity contribution in [3.8, 4) is 0 Å². The Balaban J connectivity index is 2.76. The minimum Gasteiger partial charge on any atom is -0.461 e. The number of aliphatic hydroxyl groups is 1. The Kier molecular flexibility index (Phi) is 2.96. The molecule has 1 saturated heterocycles. The van der Waals surface area contributed by atoms with Crippen LogP contribution in [-0.4, -0.2) is 23.3 Å². The fourth-order valence-corrected chi connectivity index (χ4v) is 1.88. The van der Waals surface area contributed by atoms with Crippen molar-refractivity contribution in [2.45, 2.75) is 39.9 Å². The quantitative estimate of drug-likeness (QED) is 0.626. The number of cyclic esters (lactones) is 1. The van der Waals surface area contributed by atoms with Gasteiger partial charge in [0.1, 0.15) is 6.10 Å². The van der Waals surface area contributed by atoms with Crippen molar-refractivity contribution in [3.63, 3.8) is 0 Å². The summed E-state index contributed by atoms with van der Waals surface area (Å²) in [5.41, 5.74) is 0. The smallest absolute Gasteiger partial charge is 0.311 e. The van der Waals surface area contributed by atoms with Gasteiger partial charge in [0, 0.05) is 5.92 Å². The maximum atomic E-state index is 11.3. The van der Waals surface area contributed by atoms with Gasteiger partial charge in [-0.3, -0.25) is 4.79 Å². The van der Waals surface area contributed by atoms with E-state index in [2.05, 4.69) is 0 Å². The van der Waals surface area contributed by atoms with E-state index < -0.39 is 6.10 Å². The molecule has 1 rings (SSSR count). The molecule has 1 heterocycles. The molecule has 0 saturated carbocycles. The van der Waals surface area contributed by atoms with Crippen LogP contribution >= 0.6 is 0 Å². The molecule has 1 N–H and O–H groups in total. The Morgan fingerprint density at radius 3 is 2.38 bits per heavy atom. The van der Waals surface area contributed by atoms with E-state index in [-0.39, 0.29) is 29.8 Å². The van der Waals surface area contributed by atoms with Crippen LogP contribution in [0.5, 0.6) is 0 Å². The standard InChI is InChI=1S/C10H18O3/c1-5(2)9-6(3)8(11)7(4)10(12)13-9/h5-9,11H,1-4H3/t6?,7?,8-,9?/m0/s1. The Morgan fingerprint density at radius 1 is 1.38 bits per heavy atom. The first-order chi connectivity index (χ1) is 5.95. The van der Waals surface area contributed by atoms with Crippen LogP contribution in [-0.2, 0) is 9.53 Å². The molecule has 13 heavy (non-hydrogen) atoms. The molecular formula is C10H18O3. The second-order valence-corrected chi connectivity index (χ2v) is 4.28. The highest BCUT2D eigenvalue weighted by Crippen LogP contribution is 2.30. The van der Waals surface area contributed by atoms with E-state index in [1.807, 2.05) is 20.8 Å². The zero-order valence-corrected chi connectivity index (χ0v) is 8.65. The molecular weight excluding hydrogens is 168 g/mol. The fraction of sp³-hybridized carbons (Fsp3) is 0.900. The number of carbonyl (C=O) groups is 1. The summed E-state index contributed by atoms with van der Waals surface area (Å²) in [4.78, 5) is 11.3. The van der Waals surface area contributed by atoms with Crippen LogP contribution in [0.25, 0.3) is 0 Å². The van der Waals surface area contributed by atoms with Crippen LogP contribution < -0.4 is 0 Å². The van der Waals surface area contributed by atoms with E-state index in [1.165, 1.54) is 0 Å². The third-order valence-electron chi connectivity index (χ3n) is 2.85. The van der Waals surface area contributed by atoms with Crippen LogP contribution in [0.1, 0.15) is 27.7 Å². The molecule has 0 amide bonds. The summed E-state index contributed by atoms with van der Waals surface area (Å²) in [7, 11) is 0. The Bertz CT molecular complexity index is 200. The van der Waals surface area contributed by atoms with Crippen molar-refractivity contribution in [3.05, 3.63) is 0 Å². The molecule has 0 aromatic heterocycles. The van der Waals surface area contributed by atoms with Crippen molar-refractivity contribution < 1.29 is 14.6 Å². The van der Waals surface area contributed by atoms with E-state index in [9.17, 15) is 9.90 Å². The number of esters is 1. The molecule has 0 aliphatic carbocycles. The number of ether oxygens (including phenoxy) is 1. The Morgan fingerprint density at radius 2 is 1.92 bits per heavy atom. The average Bonchev–Trinajstić information content (AvgIpc) is 2.07. The van der Waals surface area contributed by atoms with Crippen LogP contribution in [0.15, 0.2) is 0 Å². The SMILES string of the molecule is CC(C)C1OC(=O)C(C)[C@@H](O)C1C. The first-order valence-electron chi connectivity index (χ1n) is 4.83. The van der Waals surface area contributed by atoms with Gasteiger partial charge in [0.05, 0.1) is 12.0 Å². The van der Waals surface area contributed by atoms with Gasteiger partial charge in [0.25, 0.3) is 0 Å². The highest BCUT2D eigenvalue weighted by Gasteiger charge is 2.41. The average molecular weight is 186 g/mol. The van der Waals surface area contributed by atoms with Gasteiger partial charge in [-0.1, -0.05) is 20.8 Å². The summed E-state index contributed by atoms with van der Waals surface area (Å²) in [6, 6.07) is 0. The fourth-order valence-electron chi connectivity index (χ4n) is 1.88. The van der Waals surface area contributed by atoms with E-state index in [0.717, 1.165) is 0 Å². The van der Waals surface area contributed by atoms with E-state index >= 15 is 0 Å². The molecule has 3 heteroatoms. The predicted octanol–water partition coefficient (Wildman–Crippen LogP) is 1.20. The Labute approximate surface area is 79.1 Å². The van der Waals surface area contributed by atoms with E-state index in [1.54, 1.807) is 6.92 Å². The van der Waals surface area contributed by atoms with Gasteiger partial charge in [0.2, 0.25) is 0 Å². The van der Waals surface area contributed by atoms with Gasteiger partial charge < -0.3 is 9.84 Å². The first kappa shape index (κ1) is 10.5. The maximum absolute atomic E-state index is 11.3. The number of hydrogen-bond donors (Lipinski definition) is 1. The lowest BCUT2D eigenvalue weighted by Gasteiger charge is -2.38. The van der Waals surface area contributed by atoms with Crippen LogP contribution in [0.4, 0.5) is 0 Å². The van der Waals surface area contributed by atoms with Crippen molar-refractivity contribution in [1.29, 1.82) is 0 Å². The van der Waals surface area contributed by atoms with Gasteiger partial charge in [-0.25, -0.2) is 0 Å². The number of rotatable bonds is 1. The van der Waals surface area contributed by atoms with Gasteiger partial charge in [-0.2, -0.15) is 0 Å². The summed E-state index contributed by atoms with van der Waals surface area (Å²) in [6.45, 7) is 7.63. The monoisotopic (exact) mass is 186 g/mol. The normalized spacial score (nSPS) is 40.6. The minimum atomic E-state index is -0.561. The second-order valence-electron chi connectivity index (χ2n) is 4.28. The molecule has 1 aliphatic rings. The number of carbonyl (C=O) groups excluding carboxylic acids is 1. The topological polar surface area (TPSA) is 46.5 Å². The van der Waals surface area contributed by atoms with Gasteiger partial charge in [-0.05, 0) is 12.8 Å². The third kappa shape index (κ3) is 1.85. The maximum Gasteiger partial charge on any atom is 0.311 e. The molecule has 1 aliphatic heterocycles. The minimum absolute atomic E-state index is 0.0349. The van der Waals surface area contributed by atoms with E-state index in [0.29, 0.717) is 0 Å². The molecule has 1 fully saturated rings. The summed E-state index contributed by atoms with van der Waals surface area (Å²) >= 11 is 0. The zero-order chi connectivity index (χ0) is 10.2. The predicted molar refractivity (Wildman–Crippen MR) is 49.1 cm³/mol. The molecule has 0 aromatic rings. The molecule has 0 spiro atoms. The molecule has 0 aromatic carbocycles. The molecule has 4 atom stereocenters. The van der Waals surface area contributed by atoms with Crippen molar-refractivity contribution in [2.24, 2.45) is 17.8 Å². The van der Waals surface area contributed by atoms with E-state index in [4.69, 9.17) is 4.74 Å². The van der Waals surface area contributed by atoms with Crippen LogP contribution in [0, 0.1) is 17.8 Å². The van der Waals surface area contributed by atoms with Gasteiger partial charge >= 0.3 is 5.97 Å². The number of aliphatic hydroxyl groups excluding tert-OH is 1. The first-order valence-corrected chi connectivity index (χ1v) is 4.83. The number of hydrogen-bond acceptors (Lipinski definition) is 3. The summed E-state index contributed by atoms with van der Waals surface area (Å²) in [6.07, 6.45) is -0.702. The summed E-state index contributed by atoms with van der Waals surface area (Å²) in [5, 5.41) is 9.74. The summed E-state index contributed by atoms with van der Waals surface area (Å²) in [5.74, 6) is -0.358. The lowest BCUT2D eigenvalue weighted by Crippen LogP contribution is -2.48. The zero-order valence-electron chi connectivity index (χ0n) is 8.65. The lowest BCUT2D eigenvalue weighted by atomic mass is 9.82. The van der Waals surface area contributed by atoms with Crippen molar-refractivity contribution in [2.75, 3.05) is 0 Å². The molecule has 76 valence electrons. The highest BCUT2D eigenvalue weighted by atomic mass is 16.5. The van der Waals surface area contributed by atoms with Crippen molar-refractivity contribution >= 4 is 5.97 Å². The largest absolute Gasteiger partial charge is 0.461 e. The molecule has 3 unspecified atom stereocenters. The third-order valence-corrected chi connectivity index (χ3v) is 2.85. The molecule has 0 bridgehead atoms. The highest BCUT2D eigenvalue weighted by molar-refractivity contribution is 5.73. The van der Waals surface area contributed by atoms with Crippen LogP contribution in [0.2, 0.25) is 0 Å². The summed E-state index contributed by atoms with van der Waals surface area (Å²) < 4.78 is 5.24. The molecule has 0 radical (unpaired) electrons. The lowest BCUT2D eigenvalue weighted by molar-refractivity contribution is -0.181. The van der Waals surface area contributed by atoms with Crippen LogP contribution in [0.3, 0.4) is 0 Å². The van der Waals surface area contributed by atoms with Crippen molar-refractivity contribution in [1.82, 2.24) is 0 Å². The molecule has 3 nitrogen and oxygen atoms in total. The van der Waals surface area contributed by atoms with Gasteiger partial charge in [0.15, 0.2) is 0 Å². The second kappa shape index (κ2) is 3.66. The van der Waals surface area contributed by atoms with Gasteiger partial charge in [-0.15, -0.1) is 0 Å².